The van der Waals surface area contributed by atoms with Crippen molar-refractivity contribution in [3.8, 4) is 0 Å². The third-order valence-electron chi connectivity index (χ3n) is 3.30. The molecule has 0 unspecified atom stereocenters. The molecule has 0 spiro atoms. The number of amides is 1. The van der Waals surface area contributed by atoms with E-state index in [2.05, 4.69) is 10.4 Å². The van der Waals surface area contributed by atoms with Crippen LogP contribution < -0.4 is 5.32 Å². The molecule has 2 aromatic rings. The summed E-state index contributed by atoms with van der Waals surface area (Å²) in [5.74, 6) is -0.469. The molecule has 1 aromatic heterocycles. The van der Waals surface area contributed by atoms with Gasteiger partial charge in [0.1, 0.15) is 0 Å². The minimum Gasteiger partial charge on any atom is -0.465 e. The molecular weight excluding hydrogens is 282 g/mol. The second-order valence-electron chi connectivity index (χ2n) is 4.95. The second-order valence-corrected chi connectivity index (χ2v) is 4.95. The lowest BCUT2D eigenvalue weighted by Gasteiger charge is -2.09. The maximum absolute atomic E-state index is 11.9. The number of aryl methyl sites for hydroxylation is 2. The summed E-state index contributed by atoms with van der Waals surface area (Å²) in [6.45, 7) is 0.303. The van der Waals surface area contributed by atoms with Crippen LogP contribution in [0.15, 0.2) is 36.7 Å². The standard InChI is InChI=1S/C16H19N3O3/c1-19-11-12(9-18-19)7-8-15(20)17-10-13-5-3-4-6-14(13)16(21)22-2/h3-6,9,11H,7-8,10H2,1-2H3,(H,17,20). The fourth-order valence-electron chi connectivity index (χ4n) is 2.12. The highest BCUT2D eigenvalue weighted by molar-refractivity contribution is 5.91. The van der Waals surface area contributed by atoms with Gasteiger partial charge in [-0.25, -0.2) is 4.79 Å². The predicted octanol–water partition coefficient (Wildman–Crippen LogP) is 1.46. The van der Waals surface area contributed by atoms with Crippen LogP contribution in [0.2, 0.25) is 0 Å². The summed E-state index contributed by atoms with van der Waals surface area (Å²) in [5.41, 5.74) is 2.23. The van der Waals surface area contributed by atoms with Gasteiger partial charge in [0.25, 0.3) is 0 Å². The largest absolute Gasteiger partial charge is 0.465 e. The predicted molar refractivity (Wildman–Crippen MR) is 81.2 cm³/mol. The lowest BCUT2D eigenvalue weighted by molar-refractivity contribution is -0.121. The normalized spacial score (nSPS) is 10.3. The fraction of sp³-hybridized carbons (Fsp3) is 0.312. The Kier molecular flexibility index (Phi) is 5.30. The fourth-order valence-corrected chi connectivity index (χ4v) is 2.12. The van der Waals surface area contributed by atoms with Gasteiger partial charge in [-0.1, -0.05) is 18.2 Å². The van der Waals surface area contributed by atoms with Crippen molar-refractivity contribution in [2.75, 3.05) is 7.11 Å². The lowest BCUT2D eigenvalue weighted by atomic mass is 10.1. The first-order chi connectivity index (χ1) is 10.6. The molecule has 1 N–H and O–H groups in total. The number of nitrogens with one attached hydrogen (secondary N) is 1. The third-order valence-corrected chi connectivity index (χ3v) is 3.30. The Balaban J connectivity index is 1.87. The smallest absolute Gasteiger partial charge is 0.338 e. The molecule has 0 aliphatic rings. The molecule has 0 aliphatic heterocycles. The van der Waals surface area contributed by atoms with Crippen molar-refractivity contribution >= 4 is 11.9 Å². The number of hydrogen-bond acceptors (Lipinski definition) is 4. The minimum atomic E-state index is -0.403. The van der Waals surface area contributed by atoms with Gasteiger partial charge in [0.15, 0.2) is 0 Å². The summed E-state index contributed by atoms with van der Waals surface area (Å²) < 4.78 is 6.44. The van der Waals surface area contributed by atoms with Crippen molar-refractivity contribution in [2.24, 2.45) is 7.05 Å². The number of esters is 1. The van der Waals surface area contributed by atoms with Gasteiger partial charge in [-0.3, -0.25) is 9.48 Å². The average molecular weight is 301 g/mol. The zero-order valence-corrected chi connectivity index (χ0v) is 12.7. The molecule has 2 rings (SSSR count). The molecule has 0 saturated carbocycles. The molecule has 0 bridgehead atoms. The van der Waals surface area contributed by atoms with E-state index in [1.165, 1.54) is 7.11 Å². The van der Waals surface area contributed by atoms with Crippen molar-refractivity contribution < 1.29 is 14.3 Å². The number of nitrogens with zero attached hydrogens (tertiary/aromatic N) is 2. The topological polar surface area (TPSA) is 73.2 Å². The van der Waals surface area contributed by atoms with Gasteiger partial charge >= 0.3 is 5.97 Å². The van der Waals surface area contributed by atoms with Crippen LogP contribution in [0.5, 0.6) is 0 Å². The Morgan fingerprint density at radius 3 is 2.77 bits per heavy atom. The van der Waals surface area contributed by atoms with Gasteiger partial charge in [-0.15, -0.1) is 0 Å². The number of rotatable bonds is 6. The van der Waals surface area contributed by atoms with Crippen LogP contribution in [0.3, 0.4) is 0 Å². The number of aromatic nitrogens is 2. The number of benzene rings is 1. The Labute approximate surface area is 129 Å². The van der Waals surface area contributed by atoms with Crippen molar-refractivity contribution in [3.05, 3.63) is 53.3 Å². The molecule has 1 aromatic carbocycles. The molecule has 1 heterocycles. The van der Waals surface area contributed by atoms with Gasteiger partial charge in [0.05, 0.1) is 18.9 Å². The van der Waals surface area contributed by atoms with E-state index < -0.39 is 5.97 Å². The zero-order chi connectivity index (χ0) is 15.9. The van der Waals surface area contributed by atoms with E-state index in [0.717, 1.165) is 11.1 Å². The molecule has 6 nitrogen and oxygen atoms in total. The third kappa shape index (κ3) is 4.18. The molecule has 116 valence electrons. The summed E-state index contributed by atoms with van der Waals surface area (Å²) >= 11 is 0. The van der Waals surface area contributed by atoms with Gasteiger partial charge in [-0.2, -0.15) is 5.10 Å². The quantitative estimate of drug-likeness (QED) is 0.820. The summed E-state index contributed by atoms with van der Waals surface area (Å²) in [6.07, 6.45) is 4.66. The summed E-state index contributed by atoms with van der Waals surface area (Å²) in [5, 5.41) is 6.88. The lowest BCUT2D eigenvalue weighted by Crippen LogP contribution is -2.24. The molecule has 22 heavy (non-hydrogen) atoms. The van der Waals surface area contributed by atoms with Gasteiger partial charge < -0.3 is 10.1 Å². The van der Waals surface area contributed by atoms with Crippen LogP contribution in [0.25, 0.3) is 0 Å². The summed E-state index contributed by atoms with van der Waals surface area (Å²) in [4.78, 5) is 23.5. The Bertz CT molecular complexity index is 664. The van der Waals surface area contributed by atoms with Crippen LogP contribution in [0.4, 0.5) is 0 Å². The van der Waals surface area contributed by atoms with Crippen molar-refractivity contribution in [1.29, 1.82) is 0 Å². The Morgan fingerprint density at radius 1 is 1.32 bits per heavy atom. The molecule has 0 atom stereocenters. The summed E-state index contributed by atoms with van der Waals surface area (Å²) in [6, 6.07) is 7.07. The van der Waals surface area contributed by atoms with Gasteiger partial charge in [0, 0.05) is 26.2 Å². The number of carbonyl (C=O) groups excluding carboxylic acids is 2. The molecule has 0 radical (unpaired) electrons. The van der Waals surface area contributed by atoms with E-state index in [1.54, 1.807) is 29.1 Å². The van der Waals surface area contributed by atoms with E-state index in [4.69, 9.17) is 4.74 Å². The van der Waals surface area contributed by atoms with Crippen molar-refractivity contribution in [1.82, 2.24) is 15.1 Å². The zero-order valence-electron chi connectivity index (χ0n) is 12.7. The Hall–Kier alpha value is -2.63. The molecule has 0 aliphatic carbocycles. The molecule has 0 fully saturated rings. The first kappa shape index (κ1) is 15.8. The Morgan fingerprint density at radius 2 is 2.09 bits per heavy atom. The van der Waals surface area contributed by atoms with E-state index in [9.17, 15) is 9.59 Å². The van der Waals surface area contributed by atoms with Crippen molar-refractivity contribution in [2.45, 2.75) is 19.4 Å². The molecule has 1 amide bonds. The SMILES string of the molecule is COC(=O)c1ccccc1CNC(=O)CCc1cnn(C)c1. The first-order valence-electron chi connectivity index (χ1n) is 7.00. The van der Waals surface area contributed by atoms with Crippen LogP contribution in [0, 0.1) is 0 Å². The highest BCUT2D eigenvalue weighted by Gasteiger charge is 2.11. The second kappa shape index (κ2) is 7.40. The number of methoxy groups -OCH3 is 1. The van der Waals surface area contributed by atoms with Gasteiger partial charge in [0.2, 0.25) is 5.91 Å². The van der Waals surface area contributed by atoms with E-state index in [-0.39, 0.29) is 5.91 Å². The van der Waals surface area contributed by atoms with E-state index in [0.29, 0.717) is 24.9 Å². The van der Waals surface area contributed by atoms with E-state index >= 15 is 0 Å². The number of hydrogen-bond donors (Lipinski definition) is 1. The molecule has 0 saturated heterocycles. The van der Waals surface area contributed by atoms with Crippen LogP contribution in [-0.2, 0) is 29.5 Å². The van der Waals surface area contributed by atoms with E-state index in [1.807, 2.05) is 19.3 Å². The first-order valence-corrected chi connectivity index (χ1v) is 7.00. The average Bonchev–Trinajstić information content (AvgIpc) is 2.96. The van der Waals surface area contributed by atoms with Crippen molar-refractivity contribution in [3.63, 3.8) is 0 Å². The maximum Gasteiger partial charge on any atom is 0.338 e. The molecule has 6 heteroatoms. The number of ether oxygens (including phenoxy) is 1. The molecular formula is C16H19N3O3. The van der Waals surface area contributed by atoms with Crippen LogP contribution >= 0.6 is 0 Å². The van der Waals surface area contributed by atoms with Crippen LogP contribution in [-0.4, -0.2) is 28.8 Å². The number of carbonyl (C=O) groups is 2. The maximum atomic E-state index is 11.9. The van der Waals surface area contributed by atoms with Gasteiger partial charge in [-0.05, 0) is 23.6 Å². The summed E-state index contributed by atoms with van der Waals surface area (Å²) in [7, 11) is 3.18. The monoisotopic (exact) mass is 301 g/mol. The highest BCUT2D eigenvalue weighted by Crippen LogP contribution is 2.10. The minimum absolute atomic E-state index is 0.0662. The highest BCUT2D eigenvalue weighted by atomic mass is 16.5. The van der Waals surface area contributed by atoms with Crippen LogP contribution in [0.1, 0.15) is 27.9 Å².